The molecule has 0 saturated carbocycles. The van der Waals surface area contributed by atoms with Crippen molar-refractivity contribution >= 4 is 22.5 Å². The first-order valence-corrected chi connectivity index (χ1v) is 6.95. The Bertz CT molecular complexity index is 764. The fourth-order valence-corrected chi connectivity index (χ4v) is 2.42. The summed E-state index contributed by atoms with van der Waals surface area (Å²) in [7, 11) is 0. The molecule has 5 heteroatoms. The molecule has 0 aliphatic carbocycles. The first-order valence-electron chi connectivity index (χ1n) is 6.95. The fourth-order valence-electron chi connectivity index (χ4n) is 2.42. The highest BCUT2D eigenvalue weighted by molar-refractivity contribution is 5.81. The van der Waals surface area contributed by atoms with E-state index in [1.54, 1.807) is 0 Å². The molecule has 0 radical (unpaired) electrons. The van der Waals surface area contributed by atoms with Crippen molar-refractivity contribution in [3.8, 4) is 0 Å². The average molecular weight is 279 g/mol. The van der Waals surface area contributed by atoms with Crippen LogP contribution in [0.1, 0.15) is 18.1 Å². The van der Waals surface area contributed by atoms with Crippen LogP contribution in [0.3, 0.4) is 0 Å². The Morgan fingerprint density at radius 1 is 1.10 bits per heavy atom. The van der Waals surface area contributed by atoms with Crippen LogP contribution >= 0.6 is 0 Å². The Hall–Kier alpha value is -2.69. The van der Waals surface area contributed by atoms with E-state index >= 15 is 0 Å². The summed E-state index contributed by atoms with van der Waals surface area (Å²) in [6, 6.07) is 10.2. The number of nitrogens with zero attached hydrogens (tertiary/aromatic N) is 3. The number of hydrogen-bond donors (Lipinski definition) is 2. The molecule has 0 bridgehead atoms. The van der Waals surface area contributed by atoms with Crippen molar-refractivity contribution < 1.29 is 0 Å². The summed E-state index contributed by atoms with van der Waals surface area (Å²) in [4.78, 5) is 12.8. The third-order valence-corrected chi connectivity index (χ3v) is 3.49. The summed E-state index contributed by atoms with van der Waals surface area (Å²) >= 11 is 0. The Kier molecular flexibility index (Phi) is 3.64. The van der Waals surface area contributed by atoms with Crippen LogP contribution in [0, 0.1) is 0 Å². The lowest BCUT2D eigenvalue weighted by Gasteiger charge is -2.12. The molecule has 0 unspecified atom stereocenters. The van der Waals surface area contributed by atoms with Gasteiger partial charge < -0.3 is 11.1 Å². The van der Waals surface area contributed by atoms with Gasteiger partial charge in [-0.2, -0.15) is 0 Å². The summed E-state index contributed by atoms with van der Waals surface area (Å²) in [5.41, 5.74) is 8.98. The second kappa shape index (κ2) is 5.75. The van der Waals surface area contributed by atoms with E-state index in [2.05, 4.69) is 38.5 Å². The van der Waals surface area contributed by atoms with Crippen LogP contribution in [0.4, 0.5) is 11.6 Å². The minimum absolute atomic E-state index is 0.533. The maximum Gasteiger partial charge on any atom is 0.134 e. The molecule has 0 fully saturated rings. The zero-order chi connectivity index (χ0) is 14.7. The second-order valence-electron chi connectivity index (χ2n) is 4.79. The smallest absolute Gasteiger partial charge is 0.134 e. The standard InChI is InChI=1S/C16H17N5/c1-2-13-15(17)20-10-21-16(13)19-9-12-6-3-5-11-7-4-8-18-14(11)12/h3-8,10H,2,9H2,1H3,(H3,17,19,20,21). The normalized spacial score (nSPS) is 10.7. The maximum atomic E-state index is 5.89. The third-order valence-electron chi connectivity index (χ3n) is 3.49. The fraction of sp³-hybridized carbons (Fsp3) is 0.188. The molecule has 2 heterocycles. The van der Waals surface area contributed by atoms with Crippen LogP contribution in [0.25, 0.3) is 10.9 Å². The first kappa shape index (κ1) is 13.3. The van der Waals surface area contributed by atoms with Gasteiger partial charge in [0.05, 0.1) is 5.52 Å². The van der Waals surface area contributed by atoms with E-state index in [9.17, 15) is 0 Å². The monoisotopic (exact) mass is 279 g/mol. The Balaban J connectivity index is 1.89. The van der Waals surface area contributed by atoms with Crippen molar-refractivity contribution in [2.24, 2.45) is 0 Å². The van der Waals surface area contributed by atoms with Crippen molar-refractivity contribution in [1.82, 2.24) is 15.0 Å². The highest BCUT2D eigenvalue weighted by Gasteiger charge is 2.08. The number of benzene rings is 1. The predicted octanol–water partition coefficient (Wildman–Crippen LogP) is 2.78. The van der Waals surface area contributed by atoms with Gasteiger partial charge in [-0.15, -0.1) is 0 Å². The lowest BCUT2D eigenvalue weighted by molar-refractivity contribution is 1.02. The molecule has 0 atom stereocenters. The number of para-hydroxylation sites is 1. The lowest BCUT2D eigenvalue weighted by atomic mass is 10.1. The lowest BCUT2D eigenvalue weighted by Crippen LogP contribution is -2.08. The predicted molar refractivity (Wildman–Crippen MR) is 84.9 cm³/mol. The number of anilines is 2. The van der Waals surface area contributed by atoms with Gasteiger partial charge >= 0.3 is 0 Å². The van der Waals surface area contributed by atoms with Crippen molar-refractivity contribution in [1.29, 1.82) is 0 Å². The minimum atomic E-state index is 0.533. The molecular formula is C16H17N5. The highest BCUT2D eigenvalue weighted by Crippen LogP contribution is 2.20. The number of hydrogen-bond acceptors (Lipinski definition) is 5. The Morgan fingerprint density at radius 3 is 2.81 bits per heavy atom. The zero-order valence-electron chi connectivity index (χ0n) is 11.9. The van der Waals surface area contributed by atoms with Crippen LogP contribution in [-0.2, 0) is 13.0 Å². The largest absolute Gasteiger partial charge is 0.383 e. The number of rotatable bonds is 4. The van der Waals surface area contributed by atoms with Gasteiger partial charge in [0.15, 0.2) is 0 Å². The van der Waals surface area contributed by atoms with Crippen molar-refractivity contribution in [3.05, 3.63) is 54.0 Å². The molecule has 0 aliphatic rings. The first-order chi connectivity index (χ1) is 10.3. The third kappa shape index (κ3) is 2.63. The van der Waals surface area contributed by atoms with Crippen LogP contribution in [0.2, 0.25) is 0 Å². The highest BCUT2D eigenvalue weighted by atomic mass is 15.0. The van der Waals surface area contributed by atoms with Crippen LogP contribution < -0.4 is 11.1 Å². The molecule has 0 spiro atoms. The van der Waals surface area contributed by atoms with Crippen molar-refractivity contribution in [2.45, 2.75) is 19.9 Å². The second-order valence-corrected chi connectivity index (χ2v) is 4.79. The molecule has 3 rings (SSSR count). The molecule has 2 aromatic heterocycles. The quantitative estimate of drug-likeness (QED) is 0.768. The number of aromatic nitrogens is 3. The summed E-state index contributed by atoms with van der Waals surface area (Å²) in [5.74, 6) is 1.32. The Morgan fingerprint density at radius 2 is 1.95 bits per heavy atom. The summed E-state index contributed by atoms with van der Waals surface area (Å²) in [5, 5.41) is 4.48. The molecule has 21 heavy (non-hydrogen) atoms. The van der Waals surface area contributed by atoms with Gasteiger partial charge in [-0.05, 0) is 18.1 Å². The SMILES string of the molecule is CCc1c(N)ncnc1NCc1cccc2cccnc12. The number of fused-ring (bicyclic) bond motifs is 1. The van der Waals surface area contributed by atoms with Gasteiger partial charge in [-0.1, -0.05) is 31.2 Å². The van der Waals surface area contributed by atoms with Crippen molar-refractivity contribution in [3.63, 3.8) is 0 Å². The van der Waals surface area contributed by atoms with E-state index < -0.39 is 0 Å². The van der Waals surface area contributed by atoms with Gasteiger partial charge in [-0.25, -0.2) is 9.97 Å². The number of pyridine rings is 1. The van der Waals surface area contributed by atoms with Crippen LogP contribution in [0.15, 0.2) is 42.9 Å². The number of nitrogen functional groups attached to an aromatic ring is 1. The molecule has 0 saturated heterocycles. The summed E-state index contributed by atoms with van der Waals surface area (Å²) < 4.78 is 0. The molecule has 3 N–H and O–H groups in total. The molecule has 0 aliphatic heterocycles. The van der Waals surface area contributed by atoms with E-state index in [0.29, 0.717) is 12.4 Å². The molecule has 5 nitrogen and oxygen atoms in total. The van der Waals surface area contributed by atoms with Gasteiger partial charge in [0, 0.05) is 23.7 Å². The van der Waals surface area contributed by atoms with Gasteiger partial charge in [-0.3, -0.25) is 4.98 Å². The molecule has 0 amide bonds. The van der Waals surface area contributed by atoms with Gasteiger partial charge in [0.2, 0.25) is 0 Å². The van der Waals surface area contributed by atoms with Gasteiger partial charge in [0.25, 0.3) is 0 Å². The summed E-state index contributed by atoms with van der Waals surface area (Å²) in [6.07, 6.45) is 4.09. The van der Waals surface area contributed by atoms with Crippen LogP contribution in [-0.4, -0.2) is 15.0 Å². The number of nitrogens with two attached hydrogens (primary N) is 1. The molecular weight excluding hydrogens is 262 g/mol. The topological polar surface area (TPSA) is 76.7 Å². The minimum Gasteiger partial charge on any atom is -0.383 e. The molecule has 1 aromatic carbocycles. The van der Waals surface area contributed by atoms with E-state index in [4.69, 9.17) is 5.73 Å². The number of nitrogens with one attached hydrogen (secondary N) is 1. The van der Waals surface area contributed by atoms with E-state index in [-0.39, 0.29) is 0 Å². The summed E-state index contributed by atoms with van der Waals surface area (Å²) in [6.45, 7) is 2.69. The van der Waals surface area contributed by atoms with Crippen LogP contribution in [0.5, 0.6) is 0 Å². The molecule has 3 aromatic rings. The maximum absolute atomic E-state index is 5.89. The molecule has 106 valence electrons. The van der Waals surface area contributed by atoms with E-state index in [0.717, 1.165) is 34.3 Å². The van der Waals surface area contributed by atoms with E-state index in [1.165, 1.54) is 6.33 Å². The Labute approximate surface area is 123 Å². The average Bonchev–Trinajstić information content (AvgIpc) is 2.53. The zero-order valence-corrected chi connectivity index (χ0v) is 11.9. The van der Waals surface area contributed by atoms with Crippen molar-refractivity contribution in [2.75, 3.05) is 11.1 Å². The van der Waals surface area contributed by atoms with E-state index in [1.807, 2.05) is 25.3 Å². The van der Waals surface area contributed by atoms with Gasteiger partial charge in [0.1, 0.15) is 18.0 Å².